The molecule has 0 bridgehead atoms. The molecule has 0 heterocycles. The fourth-order valence-corrected chi connectivity index (χ4v) is 3.60. The molecule has 0 aliphatic carbocycles. The minimum absolute atomic E-state index is 0.391. The Kier molecular flexibility index (Phi) is 4.51. The highest BCUT2D eigenvalue weighted by Crippen LogP contribution is 2.42. The van der Waals surface area contributed by atoms with E-state index in [1.54, 1.807) is 0 Å². The van der Waals surface area contributed by atoms with Gasteiger partial charge in [0.05, 0.1) is 0 Å². The summed E-state index contributed by atoms with van der Waals surface area (Å²) in [6.45, 7) is 2.18. The summed E-state index contributed by atoms with van der Waals surface area (Å²) in [6.07, 6.45) is 0. The van der Waals surface area contributed by atoms with Crippen molar-refractivity contribution in [1.82, 2.24) is 0 Å². The smallest absolute Gasteiger partial charge is 0.0447 e. The molecule has 4 radical (unpaired) electrons. The van der Waals surface area contributed by atoms with Crippen molar-refractivity contribution < 1.29 is 0 Å². The number of hydrogen-bond donors (Lipinski definition) is 0. The van der Waals surface area contributed by atoms with Crippen LogP contribution in [-0.4, -0.2) is 0 Å². The molecule has 0 aromatic heterocycles. The quantitative estimate of drug-likeness (QED) is 0.480. The van der Waals surface area contributed by atoms with Gasteiger partial charge in [0.15, 0.2) is 0 Å². The van der Waals surface area contributed by atoms with E-state index in [2.05, 4.69) is 75.2 Å². The van der Waals surface area contributed by atoms with Gasteiger partial charge in [-0.25, -0.2) is 0 Å². The van der Waals surface area contributed by atoms with Crippen molar-refractivity contribution in [3.05, 3.63) is 104 Å². The standard InChI is InChI=1S/C20H12Br2/c1-20(15-8-4-2-5-9-15,16-10-6-3-7-11-16)18-14-17(21)12-13-19(18)22/h2-4,6,9,11-14H,1H3. The van der Waals surface area contributed by atoms with E-state index < -0.39 is 5.41 Å². The minimum atomic E-state index is -0.391. The predicted octanol–water partition coefficient (Wildman–Crippen LogP) is 5.77. The van der Waals surface area contributed by atoms with Crippen molar-refractivity contribution in [1.29, 1.82) is 0 Å². The predicted molar refractivity (Wildman–Crippen MR) is 95.6 cm³/mol. The fraction of sp³-hybridized carbons (Fsp3) is 0.100. The molecular weight excluding hydrogens is 400 g/mol. The van der Waals surface area contributed by atoms with Crippen molar-refractivity contribution in [2.45, 2.75) is 12.3 Å². The molecule has 0 N–H and O–H groups in total. The van der Waals surface area contributed by atoms with Gasteiger partial charge in [0.25, 0.3) is 0 Å². The SMILES string of the molecule is CC(c1[c]cc[c]c1)(c1[c]cc[c]c1)c1cc(Br)ccc1Br. The second kappa shape index (κ2) is 6.39. The average Bonchev–Trinajstić information content (AvgIpc) is 2.58. The van der Waals surface area contributed by atoms with Gasteiger partial charge in [-0.3, -0.25) is 0 Å². The van der Waals surface area contributed by atoms with Crippen LogP contribution in [-0.2, 0) is 5.41 Å². The molecule has 0 spiro atoms. The first-order valence-electron chi connectivity index (χ1n) is 6.84. The second-order valence-electron chi connectivity index (χ2n) is 5.15. The van der Waals surface area contributed by atoms with E-state index in [9.17, 15) is 0 Å². The minimum Gasteiger partial charge on any atom is -0.0537 e. The first-order chi connectivity index (χ1) is 10.6. The molecule has 0 unspecified atom stereocenters. The van der Waals surface area contributed by atoms with E-state index in [1.165, 1.54) is 0 Å². The highest BCUT2D eigenvalue weighted by molar-refractivity contribution is 9.11. The third-order valence-corrected chi connectivity index (χ3v) is 5.02. The van der Waals surface area contributed by atoms with E-state index in [1.807, 2.05) is 42.5 Å². The van der Waals surface area contributed by atoms with E-state index in [0.29, 0.717) is 0 Å². The highest BCUT2D eigenvalue weighted by Gasteiger charge is 2.33. The molecule has 0 fully saturated rings. The Bertz CT molecular complexity index is 725. The van der Waals surface area contributed by atoms with Crippen molar-refractivity contribution in [3.8, 4) is 0 Å². The monoisotopic (exact) mass is 410 g/mol. The van der Waals surface area contributed by atoms with Crippen LogP contribution < -0.4 is 0 Å². The molecule has 0 amide bonds. The van der Waals surface area contributed by atoms with Crippen molar-refractivity contribution in [2.24, 2.45) is 0 Å². The Morgan fingerprint density at radius 3 is 1.95 bits per heavy atom. The lowest BCUT2D eigenvalue weighted by molar-refractivity contribution is 0.685. The van der Waals surface area contributed by atoms with Crippen LogP contribution in [0.15, 0.2) is 63.5 Å². The molecule has 106 valence electrons. The van der Waals surface area contributed by atoms with Gasteiger partial charge < -0.3 is 0 Å². The lowest BCUT2D eigenvalue weighted by Gasteiger charge is -2.32. The van der Waals surface area contributed by atoms with Crippen molar-refractivity contribution in [2.75, 3.05) is 0 Å². The van der Waals surface area contributed by atoms with Crippen LogP contribution in [0.2, 0.25) is 0 Å². The Morgan fingerprint density at radius 2 is 1.45 bits per heavy atom. The molecule has 0 nitrogen and oxygen atoms in total. The van der Waals surface area contributed by atoms with Crippen molar-refractivity contribution in [3.63, 3.8) is 0 Å². The third kappa shape index (κ3) is 2.78. The Balaban J connectivity index is 2.31. The van der Waals surface area contributed by atoms with E-state index in [0.717, 1.165) is 25.6 Å². The van der Waals surface area contributed by atoms with Crippen LogP contribution in [0, 0.1) is 24.3 Å². The normalized spacial score (nSPS) is 11.4. The Labute approximate surface area is 148 Å². The van der Waals surface area contributed by atoms with Crippen LogP contribution in [0.5, 0.6) is 0 Å². The molecule has 0 aliphatic rings. The first-order valence-corrected chi connectivity index (χ1v) is 8.43. The summed E-state index contributed by atoms with van der Waals surface area (Å²) in [7, 11) is 0. The molecule has 0 aliphatic heterocycles. The van der Waals surface area contributed by atoms with Gasteiger partial charge in [0.2, 0.25) is 0 Å². The maximum atomic E-state index is 3.69. The summed E-state index contributed by atoms with van der Waals surface area (Å²) in [5.74, 6) is 0. The largest absolute Gasteiger partial charge is 0.0537 e. The van der Waals surface area contributed by atoms with Crippen LogP contribution in [0.25, 0.3) is 0 Å². The van der Waals surface area contributed by atoms with Gasteiger partial charge >= 0.3 is 0 Å². The summed E-state index contributed by atoms with van der Waals surface area (Å²) in [6, 6.07) is 30.7. The van der Waals surface area contributed by atoms with Crippen LogP contribution in [0.3, 0.4) is 0 Å². The van der Waals surface area contributed by atoms with Gasteiger partial charge in [0, 0.05) is 14.4 Å². The van der Waals surface area contributed by atoms with Gasteiger partial charge in [-0.05, 0) is 78.2 Å². The molecule has 0 saturated heterocycles. The second-order valence-corrected chi connectivity index (χ2v) is 6.92. The van der Waals surface area contributed by atoms with Crippen LogP contribution in [0.4, 0.5) is 0 Å². The third-order valence-electron chi connectivity index (χ3n) is 3.84. The number of rotatable bonds is 3. The van der Waals surface area contributed by atoms with E-state index >= 15 is 0 Å². The zero-order valence-corrected chi connectivity index (χ0v) is 15.1. The lowest BCUT2D eigenvalue weighted by atomic mass is 9.71. The average molecular weight is 412 g/mol. The Morgan fingerprint density at radius 1 is 0.864 bits per heavy atom. The molecule has 3 aromatic rings. The maximum absolute atomic E-state index is 3.69. The summed E-state index contributed by atoms with van der Waals surface area (Å²) < 4.78 is 2.09. The van der Waals surface area contributed by atoms with Gasteiger partial charge in [-0.15, -0.1) is 0 Å². The van der Waals surface area contributed by atoms with Crippen LogP contribution >= 0.6 is 31.9 Å². The molecule has 22 heavy (non-hydrogen) atoms. The summed E-state index contributed by atoms with van der Waals surface area (Å²) in [4.78, 5) is 0. The topological polar surface area (TPSA) is 0 Å². The fourth-order valence-electron chi connectivity index (χ4n) is 2.60. The summed E-state index contributed by atoms with van der Waals surface area (Å²) in [5, 5.41) is 0. The molecule has 3 aromatic carbocycles. The lowest BCUT2D eigenvalue weighted by Crippen LogP contribution is -2.26. The van der Waals surface area contributed by atoms with E-state index in [4.69, 9.17) is 0 Å². The number of benzene rings is 3. The molecule has 3 rings (SSSR count). The summed E-state index contributed by atoms with van der Waals surface area (Å²) in [5.41, 5.74) is 2.85. The Hall–Kier alpha value is -1.38. The highest BCUT2D eigenvalue weighted by atomic mass is 79.9. The van der Waals surface area contributed by atoms with Gasteiger partial charge in [-0.1, -0.05) is 56.1 Å². The maximum Gasteiger partial charge on any atom is 0.0447 e. The zero-order valence-electron chi connectivity index (χ0n) is 12.0. The van der Waals surface area contributed by atoms with Crippen LogP contribution in [0.1, 0.15) is 23.6 Å². The molecular formula is C20H12Br2. The number of hydrogen-bond acceptors (Lipinski definition) is 0. The molecule has 0 saturated carbocycles. The zero-order chi connectivity index (χ0) is 15.6. The molecule has 2 heteroatoms. The summed E-state index contributed by atoms with van der Waals surface area (Å²) >= 11 is 7.27. The van der Waals surface area contributed by atoms with Crippen molar-refractivity contribution >= 4 is 31.9 Å². The van der Waals surface area contributed by atoms with E-state index in [-0.39, 0.29) is 0 Å². The van der Waals surface area contributed by atoms with Gasteiger partial charge in [0.1, 0.15) is 0 Å². The number of halogens is 2. The van der Waals surface area contributed by atoms with Gasteiger partial charge in [-0.2, -0.15) is 0 Å². The first kappa shape index (κ1) is 15.5. The molecule has 0 atom stereocenters.